The minimum Gasteiger partial charge on any atom is -0.497 e. The molecule has 0 bridgehead atoms. The number of carbonyl (C=O) groups is 1. The Morgan fingerprint density at radius 3 is 2.60 bits per heavy atom. The lowest BCUT2D eigenvalue weighted by molar-refractivity contribution is -0.113. The van der Waals surface area contributed by atoms with Gasteiger partial charge >= 0.3 is 0 Å². The molecule has 0 aromatic heterocycles. The molecule has 0 atom stereocenters. The molecule has 1 N–H and O–H groups in total. The lowest BCUT2D eigenvalue weighted by atomic mass is 10.2. The minimum absolute atomic E-state index is 0.236. The number of benzene rings is 1. The predicted molar refractivity (Wildman–Crippen MR) is 77.0 cm³/mol. The van der Waals surface area contributed by atoms with Crippen LogP contribution in [0.2, 0.25) is 0 Å². The maximum atomic E-state index is 11.7. The number of hydrogen-bond acceptors (Lipinski definition) is 5. The molecule has 0 fully saturated rings. The van der Waals surface area contributed by atoms with Gasteiger partial charge in [-0.2, -0.15) is 0 Å². The van der Waals surface area contributed by atoms with E-state index < -0.39 is 21.5 Å². The maximum absolute atomic E-state index is 11.7. The van der Waals surface area contributed by atoms with Crippen LogP contribution >= 0.6 is 0 Å². The van der Waals surface area contributed by atoms with Crippen LogP contribution in [0, 0.1) is 0 Å². The molecular formula is C13H17NO5S. The van der Waals surface area contributed by atoms with Crippen molar-refractivity contribution in [2.24, 2.45) is 0 Å². The van der Waals surface area contributed by atoms with E-state index in [1.165, 1.54) is 20.3 Å². The summed E-state index contributed by atoms with van der Waals surface area (Å²) in [7, 11) is -0.527. The van der Waals surface area contributed by atoms with Crippen molar-refractivity contribution in [3.8, 4) is 11.5 Å². The zero-order valence-corrected chi connectivity index (χ0v) is 12.2. The third kappa shape index (κ3) is 4.58. The van der Waals surface area contributed by atoms with E-state index >= 15 is 0 Å². The Labute approximate surface area is 118 Å². The first-order valence-electron chi connectivity index (χ1n) is 5.75. The molecule has 20 heavy (non-hydrogen) atoms. The highest BCUT2D eigenvalue weighted by molar-refractivity contribution is 7.92. The number of amides is 1. The van der Waals surface area contributed by atoms with Crippen LogP contribution in [0.4, 0.5) is 5.69 Å². The van der Waals surface area contributed by atoms with Gasteiger partial charge in [0, 0.05) is 6.07 Å². The molecule has 0 saturated carbocycles. The number of ether oxygens (including phenoxy) is 2. The lowest BCUT2D eigenvalue weighted by Crippen LogP contribution is -2.24. The fraction of sp³-hybridized carbons (Fsp3) is 0.308. The summed E-state index contributed by atoms with van der Waals surface area (Å²) >= 11 is 0. The molecule has 1 rings (SSSR count). The number of sulfone groups is 1. The standard InChI is InChI=1S/C13H17NO5S/c1-4-7-20(16,17)9-13(15)14-11-6-5-10(18-2)8-12(11)19-3/h4-6,8H,1,7,9H2,2-3H3,(H,14,15). The third-order valence-corrected chi connectivity index (χ3v) is 3.85. The molecule has 0 unspecified atom stereocenters. The second kappa shape index (κ2) is 6.95. The third-order valence-electron chi connectivity index (χ3n) is 2.41. The van der Waals surface area contributed by atoms with Crippen molar-refractivity contribution < 1.29 is 22.7 Å². The minimum atomic E-state index is -3.48. The molecule has 0 aliphatic carbocycles. The summed E-state index contributed by atoms with van der Waals surface area (Å²) in [6.45, 7) is 3.34. The van der Waals surface area contributed by atoms with Gasteiger partial charge in [0.15, 0.2) is 9.84 Å². The number of carbonyl (C=O) groups excluding carboxylic acids is 1. The van der Waals surface area contributed by atoms with E-state index in [0.717, 1.165) is 0 Å². The van der Waals surface area contributed by atoms with Crippen LogP contribution in [0.5, 0.6) is 11.5 Å². The summed E-state index contributed by atoms with van der Waals surface area (Å²) in [4.78, 5) is 11.7. The molecule has 0 saturated heterocycles. The van der Waals surface area contributed by atoms with Crippen LogP contribution in [0.25, 0.3) is 0 Å². The van der Waals surface area contributed by atoms with Crippen molar-refractivity contribution in [1.82, 2.24) is 0 Å². The summed E-state index contributed by atoms with van der Waals surface area (Å²) in [5.41, 5.74) is 0.382. The van der Waals surface area contributed by atoms with E-state index in [9.17, 15) is 13.2 Å². The Hall–Kier alpha value is -2.02. The van der Waals surface area contributed by atoms with Gasteiger partial charge < -0.3 is 14.8 Å². The lowest BCUT2D eigenvalue weighted by Gasteiger charge is -2.11. The molecule has 110 valence electrons. The van der Waals surface area contributed by atoms with Crippen LogP contribution in [0.1, 0.15) is 0 Å². The van der Waals surface area contributed by atoms with E-state index in [2.05, 4.69) is 11.9 Å². The topological polar surface area (TPSA) is 81.7 Å². The van der Waals surface area contributed by atoms with Crippen LogP contribution in [-0.4, -0.2) is 40.1 Å². The van der Waals surface area contributed by atoms with Crippen LogP contribution < -0.4 is 14.8 Å². The summed E-state index contributed by atoms with van der Waals surface area (Å²) in [6, 6.07) is 4.81. The molecular weight excluding hydrogens is 282 g/mol. The van der Waals surface area contributed by atoms with Crippen molar-refractivity contribution >= 4 is 21.4 Å². The van der Waals surface area contributed by atoms with Crippen molar-refractivity contribution in [3.63, 3.8) is 0 Å². The van der Waals surface area contributed by atoms with Gasteiger partial charge in [0.05, 0.1) is 25.7 Å². The van der Waals surface area contributed by atoms with Crippen LogP contribution in [0.15, 0.2) is 30.9 Å². The maximum Gasteiger partial charge on any atom is 0.239 e. The van der Waals surface area contributed by atoms with Gasteiger partial charge in [-0.3, -0.25) is 4.79 Å². The number of hydrogen-bond donors (Lipinski definition) is 1. The van der Waals surface area contributed by atoms with E-state index in [1.807, 2.05) is 0 Å². The Balaban J connectivity index is 2.83. The molecule has 1 amide bonds. The molecule has 1 aromatic carbocycles. The van der Waals surface area contributed by atoms with Crippen LogP contribution in [-0.2, 0) is 14.6 Å². The summed E-state index contributed by atoms with van der Waals surface area (Å²) in [5.74, 6) is -0.512. The highest BCUT2D eigenvalue weighted by atomic mass is 32.2. The Kier molecular flexibility index (Phi) is 5.57. The first-order chi connectivity index (χ1) is 9.41. The zero-order valence-electron chi connectivity index (χ0n) is 11.4. The smallest absolute Gasteiger partial charge is 0.239 e. The zero-order chi connectivity index (χ0) is 15.2. The van der Waals surface area contributed by atoms with E-state index in [-0.39, 0.29) is 5.75 Å². The molecule has 0 heterocycles. The summed E-state index contributed by atoms with van der Waals surface area (Å²) in [6.07, 6.45) is 1.25. The highest BCUT2D eigenvalue weighted by Gasteiger charge is 2.16. The SMILES string of the molecule is C=CCS(=O)(=O)CC(=O)Nc1ccc(OC)cc1OC. The Morgan fingerprint density at radius 2 is 2.05 bits per heavy atom. The Morgan fingerprint density at radius 1 is 1.35 bits per heavy atom. The first kappa shape index (κ1) is 16.0. The fourth-order valence-electron chi connectivity index (χ4n) is 1.53. The van der Waals surface area contributed by atoms with Gasteiger partial charge in [0.1, 0.15) is 17.3 Å². The Bertz CT molecular complexity index is 595. The molecule has 7 heteroatoms. The van der Waals surface area contributed by atoms with E-state index in [1.54, 1.807) is 18.2 Å². The average molecular weight is 299 g/mol. The summed E-state index contributed by atoms with van der Waals surface area (Å²) in [5, 5.41) is 2.49. The molecule has 1 aromatic rings. The highest BCUT2D eigenvalue weighted by Crippen LogP contribution is 2.28. The molecule has 6 nitrogen and oxygen atoms in total. The predicted octanol–water partition coefficient (Wildman–Crippen LogP) is 1.24. The van der Waals surface area contributed by atoms with Crippen molar-refractivity contribution in [2.45, 2.75) is 0 Å². The van der Waals surface area contributed by atoms with Gasteiger partial charge in [-0.25, -0.2) is 8.42 Å². The second-order valence-electron chi connectivity index (χ2n) is 3.96. The van der Waals surface area contributed by atoms with Crippen molar-refractivity contribution in [1.29, 1.82) is 0 Å². The summed E-state index contributed by atoms with van der Waals surface area (Å²) < 4.78 is 33.1. The molecule has 0 aliphatic rings. The second-order valence-corrected chi connectivity index (χ2v) is 6.07. The number of anilines is 1. The van der Waals surface area contributed by atoms with Crippen molar-refractivity contribution in [2.75, 3.05) is 31.0 Å². The largest absolute Gasteiger partial charge is 0.497 e. The van der Waals surface area contributed by atoms with Gasteiger partial charge in [0.2, 0.25) is 5.91 Å². The van der Waals surface area contributed by atoms with E-state index in [0.29, 0.717) is 17.2 Å². The molecule has 0 aliphatic heterocycles. The van der Waals surface area contributed by atoms with Gasteiger partial charge in [-0.15, -0.1) is 6.58 Å². The normalized spacial score (nSPS) is 10.7. The molecule has 0 radical (unpaired) electrons. The van der Waals surface area contributed by atoms with Gasteiger partial charge in [-0.05, 0) is 12.1 Å². The monoisotopic (exact) mass is 299 g/mol. The van der Waals surface area contributed by atoms with Crippen LogP contribution in [0.3, 0.4) is 0 Å². The first-order valence-corrected chi connectivity index (χ1v) is 7.57. The quantitative estimate of drug-likeness (QED) is 0.766. The average Bonchev–Trinajstić information content (AvgIpc) is 2.38. The molecule has 0 spiro atoms. The number of rotatable bonds is 7. The number of methoxy groups -OCH3 is 2. The van der Waals surface area contributed by atoms with E-state index in [4.69, 9.17) is 9.47 Å². The van der Waals surface area contributed by atoms with Gasteiger partial charge in [0.25, 0.3) is 0 Å². The fourth-order valence-corrected chi connectivity index (χ4v) is 2.47. The van der Waals surface area contributed by atoms with Gasteiger partial charge in [-0.1, -0.05) is 6.08 Å². The van der Waals surface area contributed by atoms with Crippen molar-refractivity contribution in [3.05, 3.63) is 30.9 Å². The number of nitrogens with one attached hydrogen (secondary N) is 1.